The van der Waals surface area contributed by atoms with E-state index in [0.717, 1.165) is 0 Å². The lowest BCUT2D eigenvalue weighted by molar-refractivity contribution is -0.00000369. The highest BCUT2D eigenvalue weighted by Gasteiger charge is 2.07. The number of nitrogens with one attached hydrogen (secondary N) is 1. The number of nitrogens with two attached hydrogens (primary N) is 2. The minimum absolute atomic E-state index is 0. The molecule has 0 aromatic carbocycles. The van der Waals surface area contributed by atoms with E-state index in [1.54, 1.807) is 10.9 Å². The van der Waals surface area contributed by atoms with Gasteiger partial charge in [-0.3, -0.25) is 9.78 Å². The molecule has 0 unspecified atom stereocenters. The SMILES string of the molecule is NC/C=C\Cn1cnc2c(=O)[nH]c(N)nc21.[Cl-]. The monoisotopic (exact) mass is 255 g/mol. The Morgan fingerprint density at radius 2 is 2.24 bits per heavy atom. The first kappa shape index (κ1) is 13.2. The Morgan fingerprint density at radius 1 is 1.47 bits per heavy atom. The Morgan fingerprint density at radius 3 is 2.94 bits per heavy atom. The van der Waals surface area contributed by atoms with Gasteiger partial charge in [0.25, 0.3) is 5.56 Å². The van der Waals surface area contributed by atoms with Crippen molar-refractivity contribution in [3.63, 3.8) is 0 Å². The Hall–Kier alpha value is -1.86. The molecule has 0 aliphatic carbocycles. The van der Waals surface area contributed by atoms with E-state index < -0.39 is 0 Å². The highest BCUT2D eigenvalue weighted by Crippen LogP contribution is 2.05. The van der Waals surface area contributed by atoms with Crippen LogP contribution in [0.4, 0.5) is 5.95 Å². The van der Waals surface area contributed by atoms with Crippen LogP contribution in [0.5, 0.6) is 0 Å². The topological polar surface area (TPSA) is 116 Å². The fourth-order valence-corrected chi connectivity index (χ4v) is 1.39. The van der Waals surface area contributed by atoms with Crippen molar-refractivity contribution in [3.05, 3.63) is 28.8 Å². The number of nitrogens with zero attached hydrogens (tertiary/aromatic N) is 3. The molecule has 0 saturated heterocycles. The zero-order chi connectivity index (χ0) is 11.5. The highest BCUT2D eigenvalue weighted by molar-refractivity contribution is 5.70. The van der Waals surface area contributed by atoms with Crippen molar-refractivity contribution >= 4 is 17.1 Å². The number of anilines is 1. The predicted molar refractivity (Wildman–Crippen MR) is 60.8 cm³/mol. The van der Waals surface area contributed by atoms with Gasteiger partial charge < -0.3 is 28.4 Å². The number of fused-ring (bicyclic) bond motifs is 1. The van der Waals surface area contributed by atoms with Crippen LogP contribution in [0.25, 0.3) is 11.2 Å². The average Bonchev–Trinajstić information content (AvgIpc) is 2.62. The molecule has 0 saturated carbocycles. The van der Waals surface area contributed by atoms with E-state index in [1.807, 2.05) is 12.2 Å². The standard InChI is InChI=1S/C9H12N6O.ClH/c10-3-1-2-4-15-5-12-6-7(15)13-9(11)14-8(6)16;/h1-2,5H,3-4,10H2,(H3,11,13,14,16);1H/p-1/b2-1-;. The number of aromatic nitrogens is 4. The van der Waals surface area contributed by atoms with E-state index >= 15 is 0 Å². The molecule has 0 aliphatic rings. The lowest BCUT2D eigenvalue weighted by Gasteiger charge is -1.98. The van der Waals surface area contributed by atoms with Gasteiger partial charge >= 0.3 is 0 Å². The maximum absolute atomic E-state index is 11.5. The molecule has 7 nitrogen and oxygen atoms in total. The minimum atomic E-state index is -0.330. The summed E-state index contributed by atoms with van der Waals surface area (Å²) in [5.74, 6) is 0.0852. The number of hydrogen-bond acceptors (Lipinski definition) is 5. The smallest absolute Gasteiger partial charge is 0.280 e. The van der Waals surface area contributed by atoms with Crippen LogP contribution in [-0.2, 0) is 6.54 Å². The van der Waals surface area contributed by atoms with Crippen molar-refractivity contribution < 1.29 is 12.4 Å². The van der Waals surface area contributed by atoms with E-state index in [1.165, 1.54) is 0 Å². The van der Waals surface area contributed by atoms with E-state index in [4.69, 9.17) is 11.5 Å². The summed E-state index contributed by atoms with van der Waals surface area (Å²) in [6.45, 7) is 1.03. The molecule has 2 heterocycles. The van der Waals surface area contributed by atoms with E-state index in [9.17, 15) is 4.79 Å². The van der Waals surface area contributed by atoms with E-state index in [2.05, 4.69) is 15.0 Å². The maximum atomic E-state index is 11.5. The van der Waals surface area contributed by atoms with Gasteiger partial charge in [-0.15, -0.1) is 0 Å². The van der Waals surface area contributed by atoms with Crippen LogP contribution in [0.1, 0.15) is 0 Å². The summed E-state index contributed by atoms with van der Waals surface area (Å²) in [5, 5.41) is 0. The summed E-state index contributed by atoms with van der Waals surface area (Å²) in [5.41, 5.74) is 11.2. The fourth-order valence-electron chi connectivity index (χ4n) is 1.39. The van der Waals surface area contributed by atoms with Crippen LogP contribution in [0.2, 0.25) is 0 Å². The van der Waals surface area contributed by atoms with Crippen molar-refractivity contribution in [3.8, 4) is 0 Å². The molecule has 2 rings (SSSR count). The lowest BCUT2D eigenvalue weighted by atomic mass is 10.4. The summed E-state index contributed by atoms with van der Waals surface area (Å²) >= 11 is 0. The van der Waals surface area contributed by atoms with Crippen LogP contribution in [0, 0.1) is 0 Å². The van der Waals surface area contributed by atoms with Gasteiger partial charge in [-0.1, -0.05) is 12.2 Å². The molecule has 0 amide bonds. The molecule has 5 N–H and O–H groups in total. The molecule has 92 valence electrons. The largest absolute Gasteiger partial charge is 1.00 e. The number of rotatable bonds is 3. The van der Waals surface area contributed by atoms with Gasteiger partial charge in [-0.2, -0.15) is 4.98 Å². The third-order valence-electron chi connectivity index (χ3n) is 2.10. The summed E-state index contributed by atoms with van der Waals surface area (Å²) in [6.07, 6.45) is 5.25. The molecule has 2 aromatic rings. The summed E-state index contributed by atoms with van der Waals surface area (Å²) in [7, 11) is 0. The zero-order valence-electron chi connectivity index (χ0n) is 8.93. The van der Waals surface area contributed by atoms with Crippen molar-refractivity contribution in [1.82, 2.24) is 19.5 Å². The first-order valence-electron chi connectivity index (χ1n) is 4.78. The van der Waals surface area contributed by atoms with Gasteiger partial charge in [0.15, 0.2) is 11.2 Å². The van der Waals surface area contributed by atoms with Gasteiger partial charge in [0.05, 0.1) is 6.33 Å². The number of allylic oxidation sites excluding steroid dienone is 1. The van der Waals surface area contributed by atoms with Crippen LogP contribution >= 0.6 is 0 Å². The molecule has 17 heavy (non-hydrogen) atoms. The molecule has 0 atom stereocenters. The second-order valence-electron chi connectivity index (χ2n) is 3.23. The number of nitrogen functional groups attached to an aromatic ring is 1. The van der Waals surface area contributed by atoms with E-state index in [0.29, 0.717) is 18.7 Å². The number of H-pyrrole nitrogens is 1. The number of imidazole rings is 1. The van der Waals surface area contributed by atoms with Crippen molar-refractivity contribution in [2.75, 3.05) is 12.3 Å². The van der Waals surface area contributed by atoms with Crippen LogP contribution in [-0.4, -0.2) is 26.1 Å². The van der Waals surface area contributed by atoms with Crippen molar-refractivity contribution in [2.45, 2.75) is 6.54 Å². The van der Waals surface area contributed by atoms with Gasteiger partial charge in [-0.25, -0.2) is 4.98 Å². The fraction of sp³-hybridized carbons (Fsp3) is 0.222. The number of hydrogen-bond donors (Lipinski definition) is 3. The Kier molecular flexibility index (Phi) is 4.24. The van der Waals surface area contributed by atoms with Crippen LogP contribution in [0.15, 0.2) is 23.3 Å². The van der Waals surface area contributed by atoms with E-state index in [-0.39, 0.29) is 29.4 Å². The first-order valence-corrected chi connectivity index (χ1v) is 4.78. The molecule has 0 spiro atoms. The molecular formula is C9H12ClN6O-. The molecular weight excluding hydrogens is 244 g/mol. The average molecular weight is 256 g/mol. The van der Waals surface area contributed by atoms with Crippen molar-refractivity contribution in [1.29, 1.82) is 0 Å². The highest BCUT2D eigenvalue weighted by atomic mass is 35.5. The molecule has 2 aromatic heterocycles. The Labute approximate surface area is 103 Å². The third kappa shape index (κ3) is 2.63. The van der Waals surface area contributed by atoms with Gasteiger partial charge in [0.2, 0.25) is 5.95 Å². The lowest BCUT2D eigenvalue weighted by Crippen LogP contribution is -3.00. The normalized spacial score (nSPS) is 10.9. The van der Waals surface area contributed by atoms with Crippen LogP contribution < -0.4 is 29.4 Å². The quantitative estimate of drug-likeness (QED) is 0.487. The second kappa shape index (κ2) is 5.46. The predicted octanol–water partition coefficient (Wildman–Crippen LogP) is -3.78. The molecule has 0 radical (unpaired) electrons. The Balaban J connectivity index is 0.00000144. The first-order chi connectivity index (χ1) is 7.72. The molecule has 0 fully saturated rings. The minimum Gasteiger partial charge on any atom is -1.00 e. The summed E-state index contributed by atoms with van der Waals surface area (Å²) in [6, 6.07) is 0. The second-order valence-corrected chi connectivity index (χ2v) is 3.23. The van der Waals surface area contributed by atoms with Gasteiger partial charge in [0, 0.05) is 13.1 Å². The molecule has 8 heteroatoms. The summed E-state index contributed by atoms with van der Waals surface area (Å²) < 4.78 is 1.73. The molecule has 0 aliphatic heterocycles. The van der Waals surface area contributed by atoms with Crippen molar-refractivity contribution in [2.24, 2.45) is 5.73 Å². The number of halogens is 1. The maximum Gasteiger partial charge on any atom is 0.280 e. The third-order valence-corrected chi connectivity index (χ3v) is 2.10. The van der Waals surface area contributed by atoms with Gasteiger partial charge in [0.1, 0.15) is 0 Å². The van der Waals surface area contributed by atoms with Gasteiger partial charge in [-0.05, 0) is 0 Å². The molecule has 0 bridgehead atoms. The Bertz CT molecular complexity index is 587. The number of aromatic amines is 1. The van der Waals surface area contributed by atoms with Crippen LogP contribution in [0.3, 0.4) is 0 Å². The summed E-state index contributed by atoms with van der Waals surface area (Å²) in [4.78, 5) is 21.9. The zero-order valence-corrected chi connectivity index (χ0v) is 9.68.